The van der Waals surface area contributed by atoms with Crippen molar-refractivity contribution in [2.75, 3.05) is 0 Å². The first kappa shape index (κ1) is 15.4. The largest absolute Gasteiger partial charge is 0.323 e. The second-order valence-electron chi connectivity index (χ2n) is 7.62. The lowest BCUT2D eigenvalue weighted by molar-refractivity contribution is -0.660. The van der Waals surface area contributed by atoms with E-state index in [2.05, 4.69) is 91.8 Å². The normalized spacial score (nSPS) is 12.5. The third kappa shape index (κ3) is 2.02. The molecule has 0 amide bonds. The van der Waals surface area contributed by atoms with Crippen LogP contribution in [0.25, 0.3) is 27.9 Å². The number of aromatic nitrogens is 2. The Morgan fingerprint density at radius 2 is 1.77 bits per heavy atom. The third-order valence-electron chi connectivity index (χ3n) is 5.92. The molecule has 2 heteroatoms. The average Bonchev–Trinajstić information content (AvgIpc) is 3.14. The molecule has 3 heterocycles. The molecule has 1 aliphatic rings. The smallest absolute Gasteiger partial charge is 0.213 e. The van der Waals surface area contributed by atoms with E-state index in [1.54, 1.807) is 0 Å². The molecular weight excluding hydrogens is 316 g/mol. The first-order chi connectivity index (χ1) is 12.5. The summed E-state index contributed by atoms with van der Waals surface area (Å²) in [5.74, 6) is 0. The summed E-state index contributed by atoms with van der Waals surface area (Å²) in [7, 11) is 2.16. The van der Waals surface area contributed by atoms with Gasteiger partial charge in [-0.2, -0.15) is 0 Å². The van der Waals surface area contributed by atoms with Crippen molar-refractivity contribution in [1.29, 1.82) is 0 Å². The quantitative estimate of drug-likeness (QED) is 0.383. The summed E-state index contributed by atoms with van der Waals surface area (Å²) in [6.07, 6.45) is 7.70. The zero-order chi connectivity index (χ0) is 18.0. The lowest BCUT2D eigenvalue weighted by Crippen LogP contribution is -2.32. The SMILES string of the molecule is Cc1cc(-c2c(C)ccc3c2Cc2cn4ccccc4c2-3)[n+](C)cc1C. The second kappa shape index (κ2) is 5.31. The Morgan fingerprint density at radius 1 is 0.923 bits per heavy atom. The molecule has 0 unspecified atom stereocenters. The molecule has 1 aromatic carbocycles. The maximum Gasteiger partial charge on any atom is 0.213 e. The van der Waals surface area contributed by atoms with Gasteiger partial charge < -0.3 is 4.40 Å². The van der Waals surface area contributed by atoms with Gasteiger partial charge in [0.15, 0.2) is 6.20 Å². The highest BCUT2D eigenvalue weighted by Gasteiger charge is 2.28. The van der Waals surface area contributed by atoms with Gasteiger partial charge in [0.25, 0.3) is 0 Å². The Balaban J connectivity index is 1.81. The van der Waals surface area contributed by atoms with E-state index in [1.807, 2.05) is 0 Å². The van der Waals surface area contributed by atoms with E-state index in [1.165, 1.54) is 55.7 Å². The zero-order valence-corrected chi connectivity index (χ0v) is 15.8. The Hall–Kier alpha value is -2.87. The number of rotatable bonds is 1. The molecule has 2 nitrogen and oxygen atoms in total. The molecule has 4 aromatic rings. The highest BCUT2D eigenvalue weighted by atomic mass is 14.9. The van der Waals surface area contributed by atoms with Gasteiger partial charge in [0.2, 0.25) is 5.69 Å². The van der Waals surface area contributed by atoms with Crippen LogP contribution < -0.4 is 4.57 Å². The molecule has 128 valence electrons. The van der Waals surface area contributed by atoms with Crippen LogP contribution in [0.4, 0.5) is 0 Å². The number of aryl methyl sites for hydroxylation is 4. The summed E-state index contributed by atoms with van der Waals surface area (Å²) in [5.41, 5.74) is 13.8. The third-order valence-corrected chi connectivity index (χ3v) is 5.92. The minimum atomic E-state index is 1.01. The number of hydrogen-bond donors (Lipinski definition) is 0. The van der Waals surface area contributed by atoms with Gasteiger partial charge in [0, 0.05) is 36.0 Å². The second-order valence-corrected chi connectivity index (χ2v) is 7.62. The van der Waals surface area contributed by atoms with E-state index >= 15 is 0 Å². The molecule has 0 atom stereocenters. The van der Waals surface area contributed by atoms with Gasteiger partial charge in [-0.1, -0.05) is 18.2 Å². The van der Waals surface area contributed by atoms with Crippen molar-refractivity contribution in [3.8, 4) is 22.4 Å². The monoisotopic (exact) mass is 339 g/mol. The van der Waals surface area contributed by atoms with Crippen molar-refractivity contribution < 1.29 is 4.57 Å². The molecule has 0 radical (unpaired) electrons. The first-order valence-corrected chi connectivity index (χ1v) is 9.23. The number of hydrogen-bond acceptors (Lipinski definition) is 0. The lowest BCUT2D eigenvalue weighted by atomic mass is 9.93. The minimum Gasteiger partial charge on any atom is -0.323 e. The summed E-state index contributed by atoms with van der Waals surface area (Å²) in [4.78, 5) is 0. The van der Waals surface area contributed by atoms with Crippen molar-refractivity contribution >= 4 is 5.52 Å². The Labute approximate surface area is 154 Å². The number of fused-ring (bicyclic) bond motifs is 5. The summed E-state index contributed by atoms with van der Waals surface area (Å²) in [6.45, 7) is 6.62. The number of nitrogens with zero attached hydrogens (tertiary/aromatic N) is 2. The molecular formula is C24H23N2+. The molecule has 1 aliphatic carbocycles. The molecule has 5 rings (SSSR count). The van der Waals surface area contributed by atoms with Crippen molar-refractivity contribution in [1.82, 2.24) is 4.40 Å². The average molecular weight is 339 g/mol. The highest BCUT2D eigenvalue weighted by molar-refractivity contribution is 5.93. The lowest BCUT2D eigenvalue weighted by Gasteiger charge is -2.13. The van der Waals surface area contributed by atoms with E-state index in [9.17, 15) is 0 Å². The summed E-state index contributed by atoms with van der Waals surface area (Å²) in [5, 5.41) is 0. The maximum absolute atomic E-state index is 2.34. The molecule has 0 spiro atoms. The van der Waals surface area contributed by atoms with Crippen LogP contribution >= 0.6 is 0 Å². The summed E-state index contributed by atoms with van der Waals surface area (Å²) >= 11 is 0. The molecule has 0 saturated heterocycles. The predicted octanol–water partition coefficient (Wildman–Crippen LogP) is 4.93. The molecule has 26 heavy (non-hydrogen) atoms. The van der Waals surface area contributed by atoms with Crippen molar-refractivity contribution in [2.45, 2.75) is 27.2 Å². The minimum absolute atomic E-state index is 1.01. The Morgan fingerprint density at radius 3 is 2.62 bits per heavy atom. The maximum atomic E-state index is 2.34. The molecule has 0 aliphatic heterocycles. The number of pyridine rings is 2. The van der Waals surface area contributed by atoms with Crippen LogP contribution in [0.5, 0.6) is 0 Å². The van der Waals surface area contributed by atoms with Crippen LogP contribution in [0.3, 0.4) is 0 Å². The van der Waals surface area contributed by atoms with E-state index in [0.29, 0.717) is 0 Å². The fraction of sp³-hybridized carbons (Fsp3) is 0.208. The van der Waals surface area contributed by atoms with Gasteiger partial charge in [-0.05, 0) is 60.7 Å². The molecule has 3 aromatic heterocycles. The van der Waals surface area contributed by atoms with E-state index in [0.717, 1.165) is 6.42 Å². The van der Waals surface area contributed by atoms with E-state index in [-0.39, 0.29) is 0 Å². The van der Waals surface area contributed by atoms with Crippen LogP contribution in [-0.4, -0.2) is 4.40 Å². The van der Waals surface area contributed by atoms with Crippen molar-refractivity contribution in [3.63, 3.8) is 0 Å². The van der Waals surface area contributed by atoms with Crippen LogP contribution in [0.1, 0.15) is 27.8 Å². The molecule has 0 bridgehead atoms. The Kier molecular flexibility index (Phi) is 3.14. The van der Waals surface area contributed by atoms with E-state index < -0.39 is 0 Å². The van der Waals surface area contributed by atoms with Crippen molar-refractivity contribution in [3.05, 3.63) is 82.8 Å². The first-order valence-electron chi connectivity index (χ1n) is 9.23. The fourth-order valence-corrected chi connectivity index (χ4v) is 4.48. The van der Waals surface area contributed by atoms with Gasteiger partial charge >= 0.3 is 0 Å². The van der Waals surface area contributed by atoms with Gasteiger partial charge in [-0.3, -0.25) is 0 Å². The van der Waals surface area contributed by atoms with Gasteiger partial charge in [-0.15, -0.1) is 0 Å². The standard InChI is InChI=1S/C24H23N2/c1-15-8-9-19-20(23(15)22-11-16(2)17(3)13-25(22)4)12-18-14-26-10-6-5-7-21(26)24(18)19/h5-11,13-14H,12H2,1-4H3/q+1. The zero-order valence-electron chi connectivity index (χ0n) is 15.8. The highest BCUT2D eigenvalue weighted by Crippen LogP contribution is 2.45. The predicted molar refractivity (Wildman–Crippen MR) is 106 cm³/mol. The van der Waals surface area contributed by atoms with Crippen LogP contribution in [-0.2, 0) is 13.5 Å². The number of benzene rings is 1. The summed E-state index contributed by atoms with van der Waals surface area (Å²) in [6, 6.07) is 13.4. The fourth-order valence-electron chi connectivity index (χ4n) is 4.48. The van der Waals surface area contributed by atoms with Gasteiger partial charge in [-0.25, -0.2) is 4.57 Å². The summed E-state index contributed by atoms with van der Waals surface area (Å²) < 4.78 is 4.53. The van der Waals surface area contributed by atoms with Gasteiger partial charge in [0.05, 0.1) is 11.1 Å². The van der Waals surface area contributed by atoms with Crippen LogP contribution in [0.15, 0.2) is 55.0 Å². The van der Waals surface area contributed by atoms with Crippen LogP contribution in [0, 0.1) is 20.8 Å². The Bertz CT molecular complexity index is 1190. The van der Waals surface area contributed by atoms with Gasteiger partial charge in [0.1, 0.15) is 7.05 Å². The molecule has 0 fully saturated rings. The van der Waals surface area contributed by atoms with Crippen molar-refractivity contribution in [2.24, 2.45) is 7.05 Å². The van der Waals surface area contributed by atoms with E-state index in [4.69, 9.17) is 0 Å². The topological polar surface area (TPSA) is 8.29 Å². The molecule has 0 saturated carbocycles. The van der Waals surface area contributed by atoms with Crippen LogP contribution in [0.2, 0.25) is 0 Å². The molecule has 0 N–H and O–H groups in total.